The molecular weight excluding hydrogens is 405 g/mol. The number of hydrogen-bond donors (Lipinski definition) is 0. The molecule has 0 bridgehead atoms. The number of anilines is 1. The maximum Gasteiger partial charge on any atom is 0.258 e. The third-order valence-electron chi connectivity index (χ3n) is 4.07. The van der Waals surface area contributed by atoms with E-state index in [1.807, 2.05) is 0 Å². The van der Waals surface area contributed by atoms with E-state index in [4.69, 9.17) is 34.8 Å². The molecule has 1 amide bonds. The van der Waals surface area contributed by atoms with Crippen LogP contribution in [0.2, 0.25) is 15.1 Å². The van der Waals surface area contributed by atoms with Crippen LogP contribution in [0.4, 0.5) is 5.69 Å². The van der Waals surface area contributed by atoms with Crippen molar-refractivity contribution in [2.45, 2.75) is 12.5 Å². The van der Waals surface area contributed by atoms with Gasteiger partial charge in [-0.15, -0.1) is 0 Å². The van der Waals surface area contributed by atoms with Crippen LogP contribution in [0.25, 0.3) is 0 Å². The molecule has 1 aliphatic rings. The van der Waals surface area contributed by atoms with E-state index in [-0.39, 0.29) is 22.4 Å². The van der Waals surface area contributed by atoms with Crippen LogP contribution in [0, 0.1) is 0 Å². The minimum atomic E-state index is -3.18. The van der Waals surface area contributed by atoms with Crippen molar-refractivity contribution in [3.63, 3.8) is 0 Å². The molecule has 3 rings (SSSR count). The molecule has 1 saturated heterocycles. The lowest BCUT2D eigenvalue weighted by atomic mass is 10.1. The van der Waals surface area contributed by atoms with Crippen molar-refractivity contribution in [3.8, 4) is 0 Å². The van der Waals surface area contributed by atoms with Crippen molar-refractivity contribution in [1.29, 1.82) is 0 Å². The number of carbonyl (C=O) groups excluding carboxylic acids is 1. The van der Waals surface area contributed by atoms with E-state index in [1.54, 1.807) is 42.5 Å². The molecule has 0 radical (unpaired) electrons. The summed E-state index contributed by atoms with van der Waals surface area (Å²) in [5, 5.41) is 1.03. The summed E-state index contributed by atoms with van der Waals surface area (Å²) in [6, 6.07) is 10.9. The highest BCUT2D eigenvalue weighted by molar-refractivity contribution is 7.91. The number of nitrogens with zero attached hydrogens (tertiary/aromatic N) is 1. The predicted molar refractivity (Wildman–Crippen MR) is 102 cm³/mol. The van der Waals surface area contributed by atoms with Gasteiger partial charge in [0.05, 0.1) is 33.3 Å². The van der Waals surface area contributed by atoms with Gasteiger partial charge in [-0.25, -0.2) is 8.42 Å². The maximum atomic E-state index is 13.1. The molecule has 1 aliphatic heterocycles. The van der Waals surface area contributed by atoms with E-state index in [9.17, 15) is 13.2 Å². The summed E-state index contributed by atoms with van der Waals surface area (Å²) in [7, 11) is -3.18. The lowest BCUT2D eigenvalue weighted by molar-refractivity contribution is 0.0979. The Labute approximate surface area is 161 Å². The molecule has 132 valence electrons. The fourth-order valence-corrected chi connectivity index (χ4v) is 5.07. The van der Waals surface area contributed by atoms with Gasteiger partial charge in [-0.05, 0) is 42.8 Å². The number of sulfone groups is 1. The van der Waals surface area contributed by atoms with Gasteiger partial charge in [-0.2, -0.15) is 0 Å². The number of rotatable bonds is 3. The zero-order chi connectivity index (χ0) is 18.2. The Kier molecular flexibility index (Phi) is 5.30. The first kappa shape index (κ1) is 18.5. The Balaban J connectivity index is 2.07. The third-order valence-corrected chi connectivity index (χ3v) is 6.89. The lowest BCUT2D eigenvalue weighted by Gasteiger charge is -2.29. The predicted octanol–water partition coefficient (Wildman–Crippen LogP) is 4.48. The van der Waals surface area contributed by atoms with Crippen molar-refractivity contribution >= 4 is 56.2 Å². The van der Waals surface area contributed by atoms with Gasteiger partial charge in [-0.3, -0.25) is 4.79 Å². The quantitative estimate of drug-likeness (QED) is 0.738. The van der Waals surface area contributed by atoms with E-state index in [0.717, 1.165) is 0 Å². The van der Waals surface area contributed by atoms with Gasteiger partial charge in [-0.1, -0.05) is 40.9 Å². The molecule has 1 heterocycles. The summed E-state index contributed by atoms with van der Waals surface area (Å²) in [6.45, 7) is 0. The third kappa shape index (κ3) is 3.95. The van der Waals surface area contributed by atoms with Gasteiger partial charge in [0.15, 0.2) is 9.84 Å². The summed E-state index contributed by atoms with van der Waals surface area (Å²) >= 11 is 18.3. The molecule has 2 aromatic rings. The Morgan fingerprint density at radius 3 is 2.32 bits per heavy atom. The van der Waals surface area contributed by atoms with E-state index >= 15 is 0 Å². The first-order chi connectivity index (χ1) is 11.8. The Bertz CT molecular complexity index is 913. The van der Waals surface area contributed by atoms with E-state index in [1.165, 1.54) is 4.90 Å². The molecule has 0 spiro atoms. The second-order valence-corrected chi connectivity index (χ2v) is 9.26. The number of benzene rings is 2. The zero-order valence-electron chi connectivity index (χ0n) is 13.0. The number of carbonyl (C=O) groups is 1. The highest BCUT2D eigenvalue weighted by Gasteiger charge is 2.37. The molecule has 0 aliphatic carbocycles. The zero-order valence-corrected chi connectivity index (χ0v) is 16.0. The first-order valence-electron chi connectivity index (χ1n) is 7.52. The summed E-state index contributed by atoms with van der Waals surface area (Å²) in [4.78, 5) is 14.5. The average Bonchev–Trinajstić information content (AvgIpc) is 2.92. The molecule has 0 aromatic heterocycles. The van der Waals surface area contributed by atoms with Crippen LogP contribution in [-0.4, -0.2) is 31.9 Å². The SMILES string of the molecule is O=C(c1ccc(Cl)cc1)N(c1cccc(Cl)c1Cl)C1CCS(=O)(=O)C1. The van der Waals surface area contributed by atoms with Crippen molar-refractivity contribution in [3.05, 3.63) is 63.1 Å². The van der Waals surface area contributed by atoms with Crippen LogP contribution < -0.4 is 4.90 Å². The smallest absolute Gasteiger partial charge is 0.258 e. The van der Waals surface area contributed by atoms with Crippen LogP contribution >= 0.6 is 34.8 Å². The Hall–Kier alpha value is -1.27. The minimum Gasteiger partial charge on any atom is -0.303 e. The van der Waals surface area contributed by atoms with Crippen molar-refractivity contribution in [2.75, 3.05) is 16.4 Å². The van der Waals surface area contributed by atoms with Crippen LogP contribution in [-0.2, 0) is 9.84 Å². The second-order valence-electron chi connectivity index (χ2n) is 5.81. The summed E-state index contributed by atoms with van der Waals surface area (Å²) in [6.07, 6.45) is 0.352. The topological polar surface area (TPSA) is 54.5 Å². The Morgan fingerprint density at radius 1 is 1.04 bits per heavy atom. The van der Waals surface area contributed by atoms with Crippen molar-refractivity contribution in [1.82, 2.24) is 0 Å². The Morgan fingerprint density at radius 2 is 1.72 bits per heavy atom. The van der Waals surface area contributed by atoms with E-state index in [2.05, 4.69) is 0 Å². The van der Waals surface area contributed by atoms with E-state index < -0.39 is 15.9 Å². The highest BCUT2D eigenvalue weighted by Crippen LogP contribution is 2.36. The van der Waals surface area contributed by atoms with Crippen LogP contribution in [0.15, 0.2) is 42.5 Å². The van der Waals surface area contributed by atoms with Crippen molar-refractivity contribution in [2.24, 2.45) is 0 Å². The summed E-state index contributed by atoms with van der Waals surface area (Å²) < 4.78 is 23.8. The number of hydrogen-bond acceptors (Lipinski definition) is 3. The summed E-state index contributed by atoms with van der Waals surface area (Å²) in [5.41, 5.74) is 0.793. The molecular formula is C17H14Cl3NO3S. The number of halogens is 3. The monoisotopic (exact) mass is 417 g/mol. The highest BCUT2D eigenvalue weighted by atomic mass is 35.5. The molecule has 0 saturated carbocycles. The van der Waals surface area contributed by atoms with E-state index in [0.29, 0.717) is 27.7 Å². The largest absolute Gasteiger partial charge is 0.303 e. The first-order valence-corrected chi connectivity index (χ1v) is 10.5. The van der Waals surface area contributed by atoms with Gasteiger partial charge >= 0.3 is 0 Å². The van der Waals surface area contributed by atoms with Gasteiger partial charge in [0.1, 0.15) is 0 Å². The molecule has 25 heavy (non-hydrogen) atoms. The molecule has 2 aromatic carbocycles. The van der Waals surface area contributed by atoms with Crippen LogP contribution in [0.1, 0.15) is 16.8 Å². The molecule has 0 N–H and O–H groups in total. The average molecular weight is 419 g/mol. The number of amides is 1. The van der Waals surface area contributed by atoms with Gasteiger partial charge in [0.25, 0.3) is 5.91 Å². The second kappa shape index (κ2) is 7.16. The fraction of sp³-hybridized carbons (Fsp3) is 0.235. The molecule has 8 heteroatoms. The fourth-order valence-electron chi connectivity index (χ4n) is 2.86. The van der Waals surface area contributed by atoms with Crippen LogP contribution in [0.3, 0.4) is 0 Å². The minimum absolute atomic E-state index is 0.0419. The summed E-state index contributed by atoms with van der Waals surface area (Å²) in [5.74, 6) is -0.405. The van der Waals surface area contributed by atoms with Gasteiger partial charge < -0.3 is 4.90 Å². The molecule has 1 unspecified atom stereocenters. The van der Waals surface area contributed by atoms with Crippen molar-refractivity contribution < 1.29 is 13.2 Å². The van der Waals surface area contributed by atoms with Gasteiger partial charge in [0.2, 0.25) is 0 Å². The normalized spacial score (nSPS) is 18.9. The molecule has 1 atom stereocenters. The van der Waals surface area contributed by atoms with Gasteiger partial charge in [0, 0.05) is 10.6 Å². The van der Waals surface area contributed by atoms with Crippen LogP contribution in [0.5, 0.6) is 0 Å². The maximum absolute atomic E-state index is 13.1. The molecule has 4 nitrogen and oxygen atoms in total. The molecule has 1 fully saturated rings. The lowest BCUT2D eigenvalue weighted by Crippen LogP contribution is -2.41. The standard InChI is InChI=1S/C17H14Cl3NO3S/c18-12-6-4-11(5-7-12)17(22)21(13-8-9-25(23,24)10-13)15-3-1-2-14(19)16(15)20/h1-7,13H,8-10H2.